The van der Waals surface area contributed by atoms with Gasteiger partial charge in [-0.2, -0.15) is 5.26 Å². The lowest BCUT2D eigenvalue weighted by molar-refractivity contribution is 0.414. The molecule has 0 atom stereocenters. The van der Waals surface area contributed by atoms with E-state index in [0.717, 1.165) is 24.2 Å². The maximum Gasteiger partial charge on any atom is 0.119 e. The van der Waals surface area contributed by atoms with E-state index in [2.05, 4.69) is 24.3 Å². The summed E-state index contributed by atoms with van der Waals surface area (Å²) in [5, 5.41) is 8.88. The first-order valence-electron chi connectivity index (χ1n) is 6.70. The summed E-state index contributed by atoms with van der Waals surface area (Å²) in [6.07, 6.45) is 4.36. The third-order valence-corrected chi connectivity index (χ3v) is 3.69. The van der Waals surface area contributed by atoms with Gasteiger partial charge in [0, 0.05) is 0 Å². The van der Waals surface area contributed by atoms with Gasteiger partial charge in [0.25, 0.3) is 0 Å². The predicted octanol–water partition coefficient (Wildman–Crippen LogP) is 3.94. The van der Waals surface area contributed by atoms with E-state index in [-0.39, 0.29) is 0 Å². The van der Waals surface area contributed by atoms with Gasteiger partial charge >= 0.3 is 0 Å². The van der Waals surface area contributed by atoms with Crippen molar-refractivity contribution in [3.63, 3.8) is 0 Å². The number of nitriles is 1. The molecule has 0 unspecified atom stereocenters. The number of hydrogen-bond donors (Lipinski definition) is 0. The zero-order chi connectivity index (χ0) is 13.9. The van der Waals surface area contributed by atoms with E-state index in [1.54, 1.807) is 7.11 Å². The number of hydrogen-bond acceptors (Lipinski definition) is 2. The Labute approximate surface area is 118 Å². The molecule has 0 fully saturated rings. The van der Waals surface area contributed by atoms with Crippen molar-refractivity contribution in [2.45, 2.75) is 12.8 Å². The summed E-state index contributed by atoms with van der Waals surface area (Å²) in [7, 11) is 1.70. The molecule has 0 bridgehead atoms. The van der Waals surface area contributed by atoms with Crippen LogP contribution in [0.3, 0.4) is 0 Å². The zero-order valence-electron chi connectivity index (χ0n) is 11.4. The molecule has 0 heterocycles. The second kappa shape index (κ2) is 5.22. The van der Waals surface area contributed by atoms with Gasteiger partial charge in [-0.1, -0.05) is 24.3 Å². The molecule has 0 amide bonds. The van der Waals surface area contributed by atoms with Gasteiger partial charge in [-0.05, 0) is 59.4 Å². The summed E-state index contributed by atoms with van der Waals surface area (Å²) >= 11 is 0. The second-order valence-corrected chi connectivity index (χ2v) is 4.87. The minimum atomic E-state index is 0.695. The number of nitrogens with zero attached hydrogens (tertiary/aromatic N) is 1. The molecule has 0 spiro atoms. The Balaban J connectivity index is 2.03. The summed E-state index contributed by atoms with van der Waals surface area (Å²) < 4.78 is 5.30. The summed E-state index contributed by atoms with van der Waals surface area (Å²) in [6, 6.07) is 16.2. The molecule has 0 saturated carbocycles. The van der Waals surface area contributed by atoms with Crippen LogP contribution < -0.4 is 4.74 Å². The van der Waals surface area contributed by atoms with Crippen molar-refractivity contribution in [2.75, 3.05) is 7.11 Å². The smallest absolute Gasteiger partial charge is 0.119 e. The van der Waals surface area contributed by atoms with Crippen LogP contribution in [0.15, 0.2) is 48.5 Å². The average Bonchev–Trinajstić information content (AvgIpc) is 2.54. The molecule has 1 aliphatic carbocycles. The quantitative estimate of drug-likeness (QED) is 0.820. The fraction of sp³-hybridized carbons (Fsp3) is 0.167. The molecule has 0 N–H and O–H groups in total. The summed E-state index contributed by atoms with van der Waals surface area (Å²) in [4.78, 5) is 0. The van der Waals surface area contributed by atoms with Gasteiger partial charge in [0.15, 0.2) is 0 Å². The van der Waals surface area contributed by atoms with Gasteiger partial charge in [-0.15, -0.1) is 0 Å². The van der Waals surface area contributed by atoms with Gasteiger partial charge in [0.1, 0.15) is 5.75 Å². The van der Waals surface area contributed by atoms with Crippen LogP contribution >= 0.6 is 0 Å². The minimum Gasteiger partial charge on any atom is -0.497 e. The normalized spacial score (nSPS) is 13.1. The van der Waals surface area contributed by atoms with Gasteiger partial charge in [0.05, 0.1) is 18.7 Å². The van der Waals surface area contributed by atoms with Crippen molar-refractivity contribution in [3.05, 3.63) is 70.8 Å². The van der Waals surface area contributed by atoms with Crippen LogP contribution in [0.2, 0.25) is 0 Å². The first-order chi connectivity index (χ1) is 9.81. The van der Waals surface area contributed by atoms with Crippen LogP contribution in [0.1, 0.15) is 28.7 Å². The number of allylic oxidation sites excluding steroid dienone is 1. The Kier molecular flexibility index (Phi) is 3.26. The van der Waals surface area contributed by atoms with Crippen LogP contribution in [-0.2, 0) is 6.42 Å². The summed E-state index contributed by atoms with van der Waals surface area (Å²) in [5.74, 6) is 0.907. The molecule has 2 nitrogen and oxygen atoms in total. The topological polar surface area (TPSA) is 33.0 Å². The van der Waals surface area contributed by atoms with Gasteiger partial charge < -0.3 is 4.74 Å². The molecule has 2 aromatic carbocycles. The van der Waals surface area contributed by atoms with E-state index in [1.807, 2.05) is 30.3 Å². The molecule has 3 rings (SSSR count). The number of rotatable bonds is 2. The van der Waals surface area contributed by atoms with E-state index >= 15 is 0 Å². The molecule has 2 heteroatoms. The summed E-state index contributed by atoms with van der Waals surface area (Å²) in [6.45, 7) is 0. The highest BCUT2D eigenvalue weighted by atomic mass is 16.5. The highest BCUT2D eigenvalue weighted by molar-refractivity contribution is 5.83. The van der Waals surface area contributed by atoms with E-state index in [4.69, 9.17) is 10.00 Å². The lowest BCUT2D eigenvalue weighted by atomic mass is 9.86. The van der Waals surface area contributed by atoms with Crippen molar-refractivity contribution >= 4 is 5.57 Å². The Bertz CT molecular complexity index is 705. The number of fused-ring (bicyclic) bond motifs is 1. The number of methoxy groups -OCH3 is 1. The third-order valence-electron chi connectivity index (χ3n) is 3.69. The molecule has 0 saturated heterocycles. The average molecular weight is 261 g/mol. The molecule has 0 aromatic heterocycles. The molecule has 2 aromatic rings. The standard InChI is InChI=1S/C18H15NO/c1-20-16-9-10-18-15(11-16)3-2-4-17(18)14-7-5-13(12-19)6-8-14/h4-11H,2-3H2,1H3. The first kappa shape index (κ1) is 12.5. The molecule has 0 aliphatic heterocycles. The van der Waals surface area contributed by atoms with Crippen LogP contribution in [0.5, 0.6) is 5.75 Å². The predicted molar refractivity (Wildman–Crippen MR) is 79.6 cm³/mol. The highest BCUT2D eigenvalue weighted by Gasteiger charge is 2.14. The largest absolute Gasteiger partial charge is 0.497 e. The van der Waals surface area contributed by atoms with Crippen molar-refractivity contribution in [1.29, 1.82) is 5.26 Å². The lowest BCUT2D eigenvalue weighted by Gasteiger charge is -2.19. The minimum absolute atomic E-state index is 0.695. The van der Waals surface area contributed by atoms with E-state index < -0.39 is 0 Å². The SMILES string of the molecule is COc1ccc2c(c1)CCC=C2c1ccc(C#N)cc1. The fourth-order valence-corrected chi connectivity index (χ4v) is 2.65. The Morgan fingerprint density at radius 3 is 2.60 bits per heavy atom. The molecule has 0 radical (unpaired) electrons. The molecular weight excluding hydrogens is 246 g/mol. The Morgan fingerprint density at radius 2 is 1.90 bits per heavy atom. The van der Waals surface area contributed by atoms with Crippen molar-refractivity contribution in [3.8, 4) is 11.8 Å². The van der Waals surface area contributed by atoms with E-state index in [9.17, 15) is 0 Å². The van der Waals surface area contributed by atoms with Gasteiger partial charge in [-0.3, -0.25) is 0 Å². The monoisotopic (exact) mass is 261 g/mol. The number of benzene rings is 2. The van der Waals surface area contributed by atoms with Crippen molar-refractivity contribution in [1.82, 2.24) is 0 Å². The van der Waals surface area contributed by atoms with Crippen LogP contribution in [0.25, 0.3) is 5.57 Å². The molecule has 20 heavy (non-hydrogen) atoms. The summed E-state index contributed by atoms with van der Waals surface area (Å²) in [5.41, 5.74) is 5.70. The highest BCUT2D eigenvalue weighted by Crippen LogP contribution is 2.33. The van der Waals surface area contributed by atoms with Crippen LogP contribution in [-0.4, -0.2) is 7.11 Å². The zero-order valence-corrected chi connectivity index (χ0v) is 11.4. The number of ether oxygens (including phenoxy) is 1. The molecular formula is C18H15NO. The Morgan fingerprint density at radius 1 is 1.10 bits per heavy atom. The Hall–Kier alpha value is -2.53. The fourth-order valence-electron chi connectivity index (χ4n) is 2.65. The second-order valence-electron chi connectivity index (χ2n) is 4.87. The van der Waals surface area contributed by atoms with Gasteiger partial charge in [0.2, 0.25) is 0 Å². The molecule has 98 valence electrons. The third kappa shape index (κ3) is 2.19. The van der Waals surface area contributed by atoms with Crippen LogP contribution in [0, 0.1) is 11.3 Å². The van der Waals surface area contributed by atoms with Gasteiger partial charge in [-0.25, -0.2) is 0 Å². The van der Waals surface area contributed by atoms with Crippen LogP contribution in [0.4, 0.5) is 0 Å². The lowest BCUT2D eigenvalue weighted by Crippen LogP contribution is -2.01. The maximum absolute atomic E-state index is 8.88. The van der Waals surface area contributed by atoms with Crippen molar-refractivity contribution < 1.29 is 4.74 Å². The van der Waals surface area contributed by atoms with E-state index in [1.165, 1.54) is 16.7 Å². The maximum atomic E-state index is 8.88. The van der Waals surface area contributed by atoms with E-state index in [0.29, 0.717) is 5.56 Å². The van der Waals surface area contributed by atoms with Crippen molar-refractivity contribution in [2.24, 2.45) is 0 Å². The molecule has 1 aliphatic rings. The number of aryl methyl sites for hydroxylation is 1. The first-order valence-corrected chi connectivity index (χ1v) is 6.70.